The quantitative estimate of drug-likeness (QED) is 0.608. The average Bonchev–Trinajstić information content (AvgIpc) is 2.23. The van der Waals surface area contributed by atoms with Crippen molar-refractivity contribution >= 4 is 16.9 Å². The number of rotatable bonds is 1. The van der Waals surface area contributed by atoms with E-state index in [1.807, 2.05) is 6.92 Å². The van der Waals surface area contributed by atoms with Gasteiger partial charge in [-0.1, -0.05) is 6.92 Å². The summed E-state index contributed by atoms with van der Waals surface area (Å²) in [5.74, 6) is -0.103. The normalized spacial score (nSPS) is 10.7. The van der Waals surface area contributed by atoms with Crippen molar-refractivity contribution in [2.24, 2.45) is 0 Å². The highest BCUT2D eigenvalue weighted by molar-refractivity contribution is 5.84. The zero-order valence-corrected chi connectivity index (χ0v) is 8.23. The van der Waals surface area contributed by atoms with Crippen LogP contribution in [0.3, 0.4) is 0 Å². The van der Waals surface area contributed by atoms with Crippen LogP contribution in [0.4, 0.5) is 5.82 Å². The molecule has 0 aliphatic rings. The highest BCUT2D eigenvalue weighted by atomic mass is 16.3. The zero-order chi connectivity index (χ0) is 11.0. The van der Waals surface area contributed by atoms with Crippen LogP contribution >= 0.6 is 0 Å². The van der Waals surface area contributed by atoms with Gasteiger partial charge in [-0.3, -0.25) is 0 Å². The predicted octanol–water partition coefficient (Wildman–Crippen LogP) is 1.19. The highest BCUT2D eigenvalue weighted by Gasteiger charge is 2.10. The number of fused-ring (bicyclic) bond motifs is 1. The molecule has 0 saturated heterocycles. The van der Waals surface area contributed by atoms with E-state index in [9.17, 15) is 10.2 Å². The molecule has 78 valence electrons. The van der Waals surface area contributed by atoms with Gasteiger partial charge in [-0.2, -0.15) is 0 Å². The summed E-state index contributed by atoms with van der Waals surface area (Å²) in [5.41, 5.74) is 7.03. The fourth-order valence-corrected chi connectivity index (χ4v) is 1.41. The summed E-state index contributed by atoms with van der Waals surface area (Å²) in [4.78, 5) is 8.25. The van der Waals surface area contributed by atoms with E-state index in [1.54, 1.807) is 6.07 Å². The van der Waals surface area contributed by atoms with Crippen LogP contribution in [0.25, 0.3) is 11.0 Å². The van der Waals surface area contributed by atoms with E-state index < -0.39 is 0 Å². The number of hydrogen-bond acceptors (Lipinski definition) is 5. The third-order valence-electron chi connectivity index (χ3n) is 2.23. The van der Waals surface area contributed by atoms with Crippen LogP contribution in [0.5, 0.6) is 11.5 Å². The molecule has 0 aliphatic carbocycles. The van der Waals surface area contributed by atoms with Gasteiger partial charge in [0.25, 0.3) is 0 Å². The third kappa shape index (κ3) is 1.41. The maximum absolute atomic E-state index is 9.58. The average molecular weight is 205 g/mol. The Labute approximate surface area is 86.2 Å². The highest BCUT2D eigenvalue weighted by Crippen LogP contribution is 2.32. The molecule has 1 aromatic heterocycles. The fourth-order valence-electron chi connectivity index (χ4n) is 1.41. The molecule has 15 heavy (non-hydrogen) atoms. The fraction of sp³-hybridized carbons (Fsp3) is 0.200. The molecule has 0 bridgehead atoms. The van der Waals surface area contributed by atoms with Crippen LogP contribution < -0.4 is 5.73 Å². The van der Waals surface area contributed by atoms with Gasteiger partial charge in [-0.05, 0) is 18.6 Å². The molecular formula is C10H11N3O2. The molecule has 1 aromatic carbocycles. The molecule has 0 amide bonds. The molecule has 0 unspecified atom stereocenters. The van der Waals surface area contributed by atoms with E-state index in [1.165, 1.54) is 6.07 Å². The maximum atomic E-state index is 9.58. The van der Waals surface area contributed by atoms with E-state index >= 15 is 0 Å². The van der Waals surface area contributed by atoms with Crippen LogP contribution in [-0.4, -0.2) is 20.2 Å². The number of benzene rings is 1. The lowest BCUT2D eigenvalue weighted by Gasteiger charge is -2.06. The van der Waals surface area contributed by atoms with Gasteiger partial charge in [0.05, 0.1) is 11.2 Å². The number of aromatic nitrogens is 2. The lowest BCUT2D eigenvalue weighted by molar-refractivity contribution is 0.407. The molecule has 0 saturated carbocycles. The zero-order valence-electron chi connectivity index (χ0n) is 8.23. The Morgan fingerprint density at radius 2 is 2.00 bits per heavy atom. The summed E-state index contributed by atoms with van der Waals surface area (Å²) in [6.45, 7) is 1.89. The molecule has 1 heterocycles. The monoisotopic (exact) mass is 205 g/mol. The molecule has 0 fully saturated rings. The van der Waals surface area contributed by atoms with Gasteiger partial charge in [0.1, 0.15) is 11.3 Å². The van der Waals surface area contributed by atoms with Gasteiger partial charge >= 0.3 is 0 Å². The lowest BCUT2D eigenvalue weighted by atomic mass is 10.2. The lowest BCUT2D eigenvalue weighted by Crippen LogP contribution is -2.00. The summed E-state index contributed by atoms with van der Waals surface area (Å²) in [6.07, 6.45) is 0.629. The van der Waals surface area contributed by atoms with Crippen molar-refractivity contribution in [3.8, 4) is 11.5 Å². The number of aromatic hydroxyl groups is 2. The molecule has 5 nitrogen and oxygen atoms in total. The van der Waals surface area contributed by atoms with Crippen molar-refractivity contribution in [3.05, 3.63) is 17.8 Å². The Balaban J connectivity index is 2.82. The summed E-state index contributed by atoms with van der Waals surface area (Å²) < 4.78 is 0. The summed E-state index contributed by atoms with van der Waals surface area (Å²) in [6, 6.07) is 2.92. The minimum atomic E-state index is -0.255. The van der Waals surface area contributed by atoms with Gasteiger partial charge in [-0.25, -0.2) is 9.97 Å². The van der Waals surface area contributed by atoms with E-state index in [0.29, 0.717) is 23.4 Å². The van der Waals surface area contributed by atoms with Gasteiger partial charge < -0.3 is 15.9 Å². The van der Waals surface area contributed by atoms with Gasteiger partial charge in [-0.15, -0.1) is 0 Å². The molecule has 2 aromatic rings. The van der Waals surface area contributed by atoms with Gasteiger partial charge in [0.15, 0.2) is 11.5 Å². The first-order valence-electron chi connectivity index (χ1n) is 4.60. The largest absolute Gasteiger partial charge is 0.504 e. The predicted molar refractivity (Wildman–Crippen MR) is 56.7 cm³/mol. The second kappa shape index (κ2) is 3.27. The number of nitrogens with zero attached hydrogens (tertiary/aromatic N) is 2. The second-order valence-electron chi connectivity index (χ2n) is 3.21. The summed E-state index contributed by atoms with van der Waals surface area (Å²) in [7, 11) is 0. The van der Waals surface area contributed by atoms with E-state index in [-0.39, 0.29) is 17.0 Å². The minimum Gasteiger partial charge on any atom is -0.504 e. The molecule has 0 radical (unpaired) electrons. The first kappa shape index (κ1) is 9.51. The second-order valence-corrected chi connectivity index (χ2v) is 3.21. The van der Waals surface area contributed by atoms with Crippen molar-refractivity contribution in [2.45, 2.75) is 13.3 Å². The first-order valence-corrected chi connectivity index (χ1v) is 4.60. The van der Waals surface area contributed by atoms with Crippen LogP contribution in [0, 0.1) is 0 Å². The number of phenols is 2. The van der Waals surface area contributed by atoms with Crippen molar-refractivity contribution in [3.63, 3.8) is 0 Å². The van der Waals surface area contributed by atoms with Gasteiger partial charge in [0, 0.05) is 0 Å². The molecule has 0 aliphatic heterocycles. The standard InChI is InChI=1S/C10H11N3O2/c1-2-5-10(11)13-6-3-4-7(14)9(15)8(6)12-5/h3-4,14-15H,2H2,1H3,(H2,11,13). The van der Waals surface area contributed by atoms with Crippen LogP contribution in [0.15, 0.2) is 12.1 Å². The number of hydrogen-bond donors (Lipinski definition) is 3. The topological polar surface area (TPSA) is 92.3 Å². The molecule has 2 rings (SSSR count). The molecule has 5 heteroatoms. The molecule has 4 N–H and O–H groups in total. The Morgan fingerprint density at radius 1 is 1.27 bits per heavy atom. The van der Waals surface area contributed by atoms with Crippen molar-refractivity contribution in [1.29, 1.82) is 0 Å². The Hall–Kier alpha value is -2.04. The number of nitrogen functional groups attached to an aromatic ring is 1. The Kier molecular flexibility index (Phi) is 2.07. The number of phenolic OH excluding ortho intramolecular Hbond substituents is 2. The number of aryl methyl sites for hydroxylation is 1. The smallest absolute Gasteiger partial charge is 0.185 e. The Morgan fingerprint density at radius 3 is 2.67 bits per heavy atom. The van der Waals surface area contributed by atoms with E-state index in [0.717, 1.165) is 0 Å². The van der Waals surface area contributed by atoms with E-state index in [4.69, 9.17) is 5.73 Å². The van der Waals surface area contributed by atoms with E-state index in [2.05, 4.69) is 9.97 Å². The number of nitrogens with two attached hydrogens (primary N) is 1. The molecular weight excluding hydrogens is 194 g/mol. The Bertz CT molecular complexity index is 526. The SMILES string of the molecule is CCc1nc2c(O)c(O)ccc2nc1N. The minimum absolute atomic E-state index is 0.205. The third-order valence-corrected chi connectivity index (χ3v) is 2.23. The van der Waals surface area contributed by atoms with Crippen LogP contribution in [0.1, 0.15) is 12.6 Å². The van der Waals surface area contributed by atoms with Crippen LogP contribution in [-0.2, 0) is 6.42 Å². The van der Waals surface area contributed by atoms with Crippen molar-refractivity contribution in [2.75, 3.05) is 5.73 Å². The van der Waals surface area contributed by atoms with Crippen LogP contribution in [0.2, 0.25) is 0 Å². The van der Waals surface area contributed by atoms with Crippen molar-refractivity contribution in [1.82, 2.24) is 9.97 Å². The summed E-state index contributed by atoms with van der Waals surface area (Å²) >= 11 is 0. The first-order chi connectivity index (χ1) is 7.13. The number of anilines is 1. The molecule has 0 spiro atoms. The molecule has 0 atom stereocenters. The summed E-state index contributed by atoms with van der Waals surface area (Å²) in [5, 5.41) is 18.9. The van der Waals surface area contributed by atoms with Crippen molar-refractivity contribution < 1.29 is 10.2 Å². The van der Waals surface area contributed by atoms with Gasteiger partial charge in [0.2, 0.25) is 0 Å². The maximum Gasteiger partial charge on any atom is 0.185 e.